The molecular formula is C29H28ClN5O3. The quantitative estimate of drug-likeness (QED) is 0.330. The summed E-state index contributed by atoms with van der Waals surface area (Å²) in [4.78, 5) is 20.8. The van der Waals surface area contributed by atoms with Crippen molar-refractivity contribution < 1.29 is 14.3 Å². The Morgan fingerprint density at radius 1 is 1.05 bits per heavy atom. The molecule has 4 aromatic rings. The number of halogens is 1. The number of hydrazone groups is 1. The molecule has 1 saturated heterocycles. The van der Waals surface area contributed by atoms with E-state index < -0.39 is 12.1 Å². The van der Waals surface area contributed by atoms with Crippen molar-refractivity contribution in [3.63, 3.8) is 0 Å². The van der Waals surface area contributed by atoms with Crippen LogP contribution in [-0.4, -0.2) is 49.7 Å². The van der Waals surface area contributed by atoms with Crippen LogP contribution in [0.1, 0.15) is 18.7 Å². The first kappa shape index (κ1) is 24.3. The van der Waals surface area contributed by atoms with E-state index in [0.29, 0.717) is 18.2 Å². The Balaban J connectivity index is 1.50. The van der Waals surface area contributed by atoms with Gasteiger partial charge in [-0.05, 0) is 43.3 Å². The largest absolute Gasteiger partial charge is 0.460 e. The predicted octanol–water partition coefficient (Wildman–Crippen LogP) is 5.56. The Morgan fingerprint density at radius 3 is 2.58 bits per heavy atom. The maximum atomic E-state index is 13.3. The van der Waals surface area contributed by atoms with Crippen LogP contribution in [0.5, 0.6) is 0 Å². The zero-order valence-electron chi connectivity index (χ0n) is 21.0. The molecule has 0 radical (unpaired) electrons. The highest BCUT2D eigenvalue weighted by Crippen LogP contribution is 2.43. The summed E-state index contributed by atoms with van der Waals surface area (Å²) in [5.74, 6) is -0.301. The van der Waals surface area contributed by atoms with Crippen molar-refractivity contribution >= 4 is 51.4 Å². The van der Waals surface area contributed by atoms with Crippen LogP contribution in [0.25, 0.3) is 10.9 Å². The van der Waals surface area contributed by atoms with Crippen molar-refractivity contribution in [2.45, 2.75) is 13.1 Å². The average Bonchev–Trinajstić information content (AvgIpc) is 3.56. The molecule has 0 amide bonds. The van der Waals surface area contributed by atoms with E-state index in [9.17, 15) is 4.79 Å². The fourth-order valence-corrected chi connectivity index (χ4v) is 5.39. The normalized spacial score (nSPS) is 17.7. The number of morpholine rings is 1. The van der Waals surface area contributed by atoms with Crippen LogP contribution >= 0.6 is 11.6 Å². The molecule has 1 atom stereocenters. The van der Waals surface area contributed by atoms with Crippen molar-refractivity contribution in [2.24, 2.45) is 5.10 Å². The number of aromatic amines is 1. The smallest absolute Gasteiger partial charge is 0.376 e. The van der Waals surface area contributed by atoms with E-state index in [1.54, 1.807) is 6.92 Å². The van der Waals surface area contributed by atoms with Gasteiger partial charge < -0.3 is 19.4 Å². The lowest BCUT2D eigenvalue weighted by Gasteiger charge is -2.33. The number of ether oxygens (including phenoxy) is 2. The fraction of sp³-hybridized carbons (Fsp3) is 0.241. The van der Waals surface area contributed by atoms with Gasteiger partial charge >= 0.3 is 5.97 Å². The van der Waals surface area contributed by atoms with Crippen LogP contribution in [0.4, 0.5) is 17.1 Å². The van der Waals surface area contributed by atoms with Crippen LogP contribution < -0.4 is 14.8 Å². The molecule has 6 rings (SSSR count). The van der Waals surface area contributed by atoms with Crippen LogP contribution in [0.2, 0.25) is 5.02 Å². The second-order valence-electron chi connectivity index (χ2n) is 9.09. The van der Waals surface area contributed by atoms with E-state index in [-0.39, 0.29) is 12.4 Å². The molecule has 1 aromatic heterocycles. The summed E-state index contributed by atoms with van der Waals surface area (Å²) < 4.78 is 11.0. The Morgan fingerprint density at radius 2 is 1.82 bits per heavy atom. The maximum absolute atomic E-state index is 13.3. The van der Waals surface area contributed by atoms with Gasteiger partial charge in [0, 0.05) is 41.4 Å². The first-order valence-electron chi connectivity index (χ1n) is 12.7. The van der Waals surface area contributed by atoms with E-state index in [4.69, 9.17) is 26.2 Å². The number of nitrogens with zero attached hydrogens (tertiary/aromatic N) is 4. The number of para-hydroxylation sites is 2. The predicted molar refractivity (Wildman–Crippen MR) is 151 cm³/mol. The molecule has 3 heterocycles. The molecular weight excluding hydrogens is 502 g/mol. The molecule has 8 nitrogen and oxygen atoms in total. The summed E-state index contributed by atoms with van der Waals surface area (Å²) in [6, 6.07) is 23.8. The number of H-pyrrole nitrogens is 1. The lowest BCUT2D eigenvalue weighted by Crippen LogP contribution is -2.39. The molecule has 0 bridgehead atoms. The molecule has 1 N–H and O–H groups in total. The second-order valence-corrected chi connectivity index (χ2v) is 9.50. The van der Waals surface area contributed by atoms with Gasteiger partial charge in [-0.15, -0.1) is 5.10 Å². The van der Waals surface area contributed by atoms with Crippen LogP contribution in [0, 0.1) is 0 Å². The number of hydrogen-bond donors (Lipinski definition) is 1. The van der Waals surface area contributed by atoms with Gasteiger partial charge in [0.05, 0.1) is 36.2 Å². The molecule has 0 saturated carbocycles. The third kappa shape index (κ3) is 4.36. The number of aromatic nitrogens is 1. The third-order valence-electron chi connectivity index (χ3n) is 6.85. The Bertz CT molecular complexity index is 1480. The minimum absolute atomic E-state index is 0.196. The first-order valence-corrected chi connectivity index (χ1v) is 13.1. The number of rotatable bonds is 6. The zero-order valence-corrected chi connectivity index (χ0v) is 21.8. The van der Waals surface area contributed by atoms with Crippen molar-refractivity contribution in [3.8, 4) is 0 Å². The highest BCUT2D eigenvalue weighted by atomic mass is 35.5. The number of hydrogen-bond acceptors (Lipinski definition) is 7. The van der Waals surface area contributed by atoms with Crippen LogP contribution in [0.3, 0.4) is 0 Å². The SMILES string of the molecule is CCOC(=O)C1=NN(c2ccccc2)[C@@H](c2c[nH]c3ccccc23)N1c1ccc(N2CCOCC2)c(Cl)c1. The summed E-state index contributed by atoms with van der Waals surface area (Å²) in [6.07, 6.45) is 1.52. The molecule has 2 aliphatic rings. The van der Waals surface area contributed by atoms with Gasteiger partial charge in [0.1, 0.15) is 0 Å². The molecule has 2 aliphatic heterocycles. The molecule has 3 aromatic carbocycles. The number of benzene rings is 3. The maximum Gasteiger partial charge on any atom is 0.376 e. The summed E-state index contributed by atoms with van der Waals surface area (Å²) in [5.41, 5.74) is 4.51. The number of nitrogens with one attached hydrogen (secondary N) is 1. The molecule has 1 fully saturated rings. The van der Waals surface area contributed by atoms with E-state index in [0.717, 1.165) is 46.6 Å². The number of carbonyl (C=O) groups is 1. The van der Waals surface area contributed by atoms with E-state index >= 15 is 0 Å². The number of esters is 1. The van der Waals surface area contributed by atoms with Gasteiger partial charge in [0.15, 0.2) is 6.17 Å². The molecule has 0 unspecified atom stereocenters. The Labute approximate surface area is 226 Å². The number of anilines is 3. The van der Waals surface area contributed by atoms with Crippen molar-refractivity contribution in [1.29, 1.82) is 0 Å². The highest BCUT2D eigenvalue weighted by Gasteiger charge is 2.42. The molecule has 0 spiro atoms. The summed E-state index contributed by atoms with van der Waals surface area (Å²) >= 11 is 6.87. The van der Waals surface area contributed by atoms with E-state index in [1.165, 1.54) is 0 Å². The molecule has 194 valence electrons. The van der Waals surface area contributed by atoms with Crippen LogP contribution in [0.15, 0.2) is 84.1 Å². The van der Waals surface area contributed by atoms with E-state index in [1.807, 2.05) is 82.8 Å². The van der Waals surface area contributed by atoms with Crippen molar-refractivity contribution in [3.05, 3.63) is 89.6 Å². The minimum Gasteiger partial charge on any atom is -0.460 e. The van der Waals surface area contributed by atoms with Gasteiger partial charge in [-0.3, -0.25) is 4.90 Å². The fourth-order valence-electron chi connectivity index (χ4n) is 5.09. The van der Waals surface area contributed by atoms with Gasteiger partial charge in [-0.1, -0.05) is 48.0 Å². The average molecular weight is 530 g/mol. The third-order valence-corrected chi connectivity index (χ3v) is 7.15. The Hall–Kier alpha value is -4.01. The lowest BCUT2D eigenvalue weighted by molar-refractivity contribution is -0.135. The lowest BCUT2D eigenvalue weighted by atomic mass is 10.1. The molecule has 0 aliphatic carbocycles. The topological polar surface area (TPSA) is 73.4 Å². The standard InChI is InChI=1S/C29H28ClN5O3/c1-2-38-29(36)27-32-35(20-8-4-3-5-9-20)28(23-19-31-25-11-7-6-10-22(23)25)34(27)21-12-13-26(24(30)18-21)33-14-16-37-17-15-33/h3-13,18-19,28,31H,2,14-17H2,1H3/t28-/m0/s1. The summed E-state index contributed by atoms with van der Waals surface area (Å²) in [7, 11) is 0. The number of fused-ring (bicyclic) bond motifs is 1. The van der Waals surface area contributed by atoms with Crippen LogP contribution in [-0.2, 0) is 14.3 Å². The first-order chi connectivity index (χ1) is 18.7. The van der Waals surface area contributed by atoms with Gasteiger partial charge in [-0.25, -0.2) is 9.80 Å². The number of amidine groups is 1. The van der Waals surface area contributed by atoms with Crippen molar-refractivity contribution in [1.82, 2.24) is 4.98 Å². The van der Waals surface area contributed by atoms with Gasteiger partial charge in [-0.2, -0.15) is 0 Å². The van der Waals surface area contributed by atoms with Gasteiger partial charge in [0.25, 0.3) is 0 Å². The zero-order chi connectivity index (χ0) is 26.1. The molecule has 38 heavy (non-hydrogen) atoms. The van der Waals surface area contributed by atoms with Crippen molar-refractivity contribution in [2.75, 3.05) is 47.7 Å². The van der Waals surface area contributed by atoms with E-state index in [2.05, 4.69) is 16.0 Å². The van der Waals surface area contributed by atoms with Gasteiger partial charge in [0.2, 0.25) is 5.84 Å². The monoisotopic (exact) mass is 529 g/mol. The Kier molecular flexibility index (Phi) is 6.66. The highest BCUT2D eigenvalue weighted by molar-refractivity contribution is 6.42. The summed E-state index contributed by atoms with van der Waals surface area (Å²) in [5, 5.41) is 8.35. The number of carbonyl (C=O) groups excluding carboxylic acids is 1. The minimum atomic E-state index is -0.496. The molecule has 9 heteroatoms. The summed E-state index contributed by atoms with van der Waals surface area (Å²) in [6.45, 7) is 4.91. The second kappa shape index (κ2) is 10.4.